The highest BCUT2D eigenvalue weighted by atomic mass is 16.3. The fraction of sp³-hybridized carbons (Fsp3) is 0.667. The van der Waals surface area contributed by atoms with Crippen molar-refractivity contribution in [3.05, 3.63) is 32.6 Å². The van der Waals surface area contributed by atoms with Crippen LogP contribution in [0.1, 0.15) is 19.0 Å². The molecule has 6 nitrogen and oxygen atoms in total. The molecule has 0 aliphatic carbocycles. The molecule has 0 amide bonds. The summed E-state index contributed by atoms with van der Waals surface area (Å²) in [4.78, 5) is 25.2. The van der Waals surface area contributed by atoms with Gasteiger partial charge in [0.25, 0.3) is 5.56 Å². The van der Waals surface area contributed by atoms with Gasteiger partial charge < -0.3 is 10.0 Å². The zero-order valence-corrected chi connectivity index (χ0v) is 11.4. The Morgan fingerprint density at radius 2 is 1.94 bits per heavy atom. The summed E-state index contributed by atoms with van der Waals surface area (Å²) in [5.74, 6) is 0. The van der Waals surface area contributed by atoms with Gasteiger partial charge in [0.05, 0.1) is 6.10 Å². The molecule has 0 aliphatic heterocycles. The Bertz CT molecular complexity index is 516. The van der Waals surface area contributed by atoms with Crippen LogP contribution in [0.4, 0.5) is 0 Å². The molecule has 0 spiro atoms. The molecular weight excluding hydrogens is 234 g/mol. The third-order valence-corrected chi connectivity index (χ3v) is 2.99. The fourth-order valence-corrected chi connectivity index (χ4v) is 1.69. The van der Waals surface area contributed by atoms with Crippen LogP contribution in [-0.2, 0) is 20.6 Å². The molecule has 102 valence electrons. The molecule has 1 rings (SSSR count). The van der Waals surface area contributed by atoms with Crippen molar-refractivity contribution in [2.45, 2.75) is 26.0 Å². The largest absolute Gasteiger partial charge is 0.393 e. The Morgan fingerprint density at radius 3 is 2.50 bits per heavy atom. The highest BCUT2D eigenvalue weighted by molar-refractivity contribution is 5.01. The van der Waals surface area contributed by atoms with E-state index in [0.29, 0.717) is 25.2 Å². The first-order chi connectivity index (χ1) is 8.32. The molecular formula is C12H21N3O3. The van der Waals surface area contributed by atoms with Crippen LogP contribution in [0, 0.1) is 0 Å². The first-order valence-electron chi connectivity index (χ1n) is 5.95. The Hall–Kier alpha value is -1.40. The quantitative estimate of drug-likeness (QED) is 0.754. The lowest BCUT2D eigenvalue weighted by Gasteiger charge is -2.19. The Labute approximate surface area is 106 Å². The molecule has 1 unspecified atom stereocenters. The Balaban J connectivity index is 2.86. The SMILES string of the molecule is CC(O)CCN(C)Cc1cc(=O)n(C)c(=O)n1C. The molecule has 0 radical (unpaired) electrons. The lowest BCUT2D eigenvalue weighted by Crippen LogP contribution is -2.39. The summed E-state index contributed by atoms with van der Waals surface area (Å²) in [5, 5.41) is 9.21. The summed E-state index contributed by atoms with van der Waals surface area (Å²) < 4.78 is 2.56. The van der Waals surface area contributed by atoms with E-state index < -0.39 is 0 Å². The first kappa shape index (κ1) is 14.7. The smallest absolute Gasteiger partial charge is 0.330 e. The predicted molar refractivity (Wildman–Crippen MR) is 69.6 cm³/mol. The molecule has 18 heavy (non-hydrogen) atoms. The van der Waals surface area contributed by atoms with Crippen LogP contribution in [0.25, 0.3) is 0 Å². The number of hydrogen-bond donors (Lipinski definition) is 1. The summed E-state index contributed by atoms with van der Waals surface area (Å²) >= 11 is 0. The topological polar surface area (TPSA) is 67.5 Å². The van der Waals surface area contributed by atoms with Gasteiger partial charge in [0.1, 0.15) is 0 Å². The van der Waals surface area contributed by atoms with Gasteiger partial charge in [-0.2, -0.15) is 0 Å². The van der Waals surface area contributed by atoms with Gasteiger partial charge in [0, 0.05) is 38.9 Å². The number of aromatic nitrogens is 2. The summed E-state index contributed by atoms with van der Waals surface area (Å²) in [5.41, 5.74) is 0.0645. The van der Waals surface area contributed by atoms with Crippen molar-refractivity contribution in [2.24, 2.45) is 14.1 Å². The van der Waals surface area contributed by atoms with Crippen molar-refractivity contribution in [2.75, 3.05) is 13.6 Å². The second-order valence-corrected chi connectivity index (χ2v) is 4.75. The fourth-order valence-electron chi connectivity index (χ4n) is 1.69. The first-order valence-corrected chi connectivity index (χ1v) is 5.95. The maximum Gasteiger partial charge on any atom is 0.330 e. The third kappa shape index (κ3) is 3.54. The van der Waals surface area contributed by atoms with Gasteiger partial charge in [-0.25, -0.2) is 4.79 Å². The van der Waals surface area contributed by atoms with E-state index in [9.17, 15) is 14.7 Å². The van der Waals surface area contributed by atoms with E-state index in [0.717, 1.165) is 4.57 Å². The molecule has 0 saturated carbocycles. The summed E-state index contributed by atoms with van der Waals surface area (Å²) in [6.45, 7) is 2.96. The zero-order valence-electron chi connectivity index (χ0n) is 11.4. The van der Waals surface area contributed by atoms with E-state index >= 15 is 0 Å². The van der Waals surface area contributed by atoms with Gasteiger partial charge in [0.15, 0.2) is 0 Å². The third-order valence-electron chi connectivity index (χ3n) is 2.99. The molecule has 0 aromatic carbocycles. The van der Waals surface area contributed by atoms with Crippen molar-refractivity contribution in [3.8, 4) is 0 Å². The average molecular weight is 255 g/mol. The van der Waals surface area contributed by atoms with Crippen LogP contribution in [0.15, 0.2) is 15.7 Å². The van der Waals surface area contributed by atoms with E-state index in [1.165, 1.54) is 17.7 Å². The second-order valence-electron chi connectivity index (χ2n) is 4.75. The summed E-state index contributed by atoms with van der Waals surface area (Å²) in [6, 6.07) is 1.47. The minimum Gasteiger partial charge on any atom is -0.393 e. The average Bonchev–Trinajstić information content (AvgIpc) is 2.30. The highest BCUT2D eigenvalue weighted by Gasteiger charge is 2.08. The van der Waals surface area contributed by atoms with E-state index in [1.54, 1.807) is 14.0 Å². The number of nitrogens with zero attached hydrogens (tertiary/aromatic N) is 3. The monoisotopic (exact) mass is 255 g/mol. The molecule has 1 N–H and O–H groups in total. The summed E-state index contributed by atoms with van der Waals surface area (Å²) in [6.07, 6.45) is 0.315. The van der Waals surface area contributed by atoms with Crippen LogP contribution in [0.2, 0.25) is 0 Å². The molecule has 0 fully saturated rings. The van der Waals surface area contributed by atoms with Gasteiger partial charge >= 0.3 is 5.69 Å². The van der Waals surface area contributed by atoms with Gasteiger partial charge in [0.2, 0.25) is 0 Å². The highest BCUT2D eigenvalue weighted by Crippen LogP contribution is 2.00. The van der Waals surface area contributed by atoms with E-state index in [2.05, 4.69) is 0 Å². The number of aliphatic hydroxyl groups is 1. The van der Waals surface area contributed by atoms with Gasteiger partial charge in [-0.3, -0.25) is 13.9 Å². The number of rotatable bonds is 5. The van der Waals surface area contributed by atoms with Crippen LogP contribution in [0.5, 0.6) is 0 Å². The maximum absolute atomic E-state index is 11.7. The second kappa shape index (κ2) is 5.97. The van der Waals surface area contributed by atoms with Gasteiger partial charge in [-0.05, 0) is 20.4 Å². The van der Waals surface area contributed by atoms with Crippen molar-refractivity contribution in [1.29, 1.82) is 0 Å². The van der Waals surface area contributed by atoms with E-state index in [-0.39, 0.29) is 17.4 Å². The molecule has 0 aliphatic rings. The molecule has 0 bridgehead atoms. The molecule has 0 saturated heterocycles. The number of hydrogen-bond acceptors (Lipinski definition) is 4. The van der Waals surface area contributed by atoms with Crippen molar-refractivity contribution in [1.82, 2.24) is 14.0 Å². The normalized spacial score (nSPS) is 13.0. The minimum atomic E-state index is -0.347. The summed E-state index contributed by atoms with van der Waals surface area (Å²) in [7, 11) is 5.01. The standard InChI is InChI=1S/C12H21N3O3/c1-9(16)5-6-13(2)8-10-7-11(17)15(4)12(18)14(10)3/h7,9,16H,5-6,8H2,1-4H3. The zero-order chi connectivity index (χ0) is 13.9. The van der Waals surface area contributed by atoms with Crippen LogP contribution < -0.4 is 11.2 Å². The molecule has 1 aromatic rings. The molecule has 6 heteroatoms. The molecule has 1 aromatic heterocycles. The van der Waals surface area contributed by atoms with Gasteiger partial charge in [-0.15, -0.1) is 0 Å². The number of aliphatic hydroxyl groups excluding tert-OH is 1. The Morgan fingerprint density at radius 1 is 1.33 bits per heavy atom. The Kier molecular flexibility index (Phi) is 4.86. The molecule has 1 heterocycles. The lowest BCUT2D eigenvalue weighted by atomic mass is 10.2. The van der Waals surface area contributed by atoms with Crippen molar-refractivity contribution in [3.63, 3.8) is 0 Å². The van der Waals surface area contributed by atoms with Crippen molar-refractivity contribution >= 4 is 0 Å². The van der Waals surface area contributed by atoms with E-state index in [4.69, 9.17) is 0 Å². The van der Waals surface area contributed by atoms with Crippen LogP contribution >= 0.6 is 0 Å². The van der Waals surface area contributed by atoms with Crippen molar-refractivity contribution < 1.29 is 5.11 Å². The molecule has 1 atom stereocenters. The lowest BCUT2D eigenvalue weighted by molar-refractivity contribution is 0.162. The van der Waals surface area contributed by atoms with Crippen LogP contribution in [0.3, 0.4) is 0 Å². The van der Waals surface area contributed by atoms with Crippen LogP contribution in [-0.4, -0.2) is 38.8 Å². The van der Waals surface area contributed by atoms with E-state index in [1.807, 2.05) is 11.9 Å². The minimum absolute atomic E-state index is 0.294. The predicted octanol–water partition coefficient (Wildman–Crippen LogP) is -0.713. The van der Waals surface area contributed by atoms with Gasteiger partial charge in [-0.1, -0.05) is 0 Å². The maximum atomic E-state index is 11.7.